The molecule has 0 saturated carbocycles. The first kappa shape index (κ1) is 28.8. The molecular weight excluding hydrogens is 562 g/mol. The van der Waals surface area contributed by atoms with E-state index in [0.717, 1.165) is 16.3 Å². The zero-order valence-corrected chi connectivity index (χ0v) is 24.0. The molecule has 1 heterocycles. The van der Waals surface area contributed by atoms with Crippen LogP contribution in [0.4, 0.5) is 5.69 Å². The fraction of sp³-hybridized carbons (Fsp3) is 0.462. The van der Waals surface area contributed by atoms with Gasteiger partial charge in [-0.2, -0.15) is 0 Å². The highest BCUT2D eigenvalue weighted by molar-refractivity contribution is 9.10. The van der Waals surface area contributed by atoms with Crippen molar-refractivity contribution < 1.29 is 27.5 Å². The third kappa shape index (κ3) is 8.10. The first-order valence-electron chi connectivity index (χ1n) is 12.1. The van der Waals surface area contributed by atoms with Gasteiger partial charge in [0.05, 0.1) is 11.9 Å². The minimum atomic E-state index is -3.61. The third-order valence-electron chi connectivity index (χ3n) is 5.91. The van der Waals surface area contributed by atoms with Gasteiger partial charge in [-0.25, -0.2) is 8.42 Å². The van der Waals surface area contributed by atoms with Crippen molar-refractivity contribution in [1.82, 2.24) is 10.2 Å². The third-order valence-corrected chi connectivity index (χ3v) is 7.64. The first-order valence-corrected chi connectivity index (χ1v) is 14.8. The summed E-state index contributed by atoms with van der Waals surface area (Å²) < 4.78 is 37.9. The molecule has 0 unspecified atom stereocenters. The number of rotatable bonds is 12. The van der Waals surface area contributed by atoms with Gasteiger partial charge in [-0.05, 0) is 49.1 Å². The van der Waals surface area contributed by atoms with Crippen molar-refractivity contribution in [2.24, 2.45) is 5.92 Å². The maximum absolute atomic E-state index is 13.4. The highest BCUT2D eigenvalue weighted by atomic mass is 79.9. The van der Waals surface area contributed by atoms with Crippen molar-refractivity contribution in [1.29, 1.82) is 0 Å². The Labute approximate surface area is 227 Å². The summed E-state index contributed by atoms with van der Waals surface area (Å²) in [6.07, 6.45) is 1.48. The fourth-order valence-electron chi connectivity index (χ4n) is 3.87. The molecule has 1 aliphatic rings. The molecule has 9 nitrogen and oxygen atoms in total. The number of amides is 2. The average Bonchev–Trinajstić information content (AvgIpc) is 3.31. The highest BCUT2D eigenvalue weighted by Gasteiger charge is 2.27. The number of carbonyl (C=O) groups is 2. The van der Waals surface area contributed by atoms with Gasteiger partial charge in [-0.15, -0.1) is 0 Å². The molecule has 2 amide bonds. The Morgan fingerprint density at radius 1 is 1.05 bits per heavy atom. The molecule has 2 aromatic carbocycles. The van der Waals surface area contributed by atoms with E-state index in [0.29, 0.717) is 23.7 Å². The molecule has 0 fully saturated rings. The molecule has 0 bridgehead atoms. The minimum absolute atomic E-state index is 0.0783. The lowest BCUT2D eigenvalue weighted by atomic mass is 10.1. The van der Waals surface area contributed by atoms with Crippen LogP contribution in [0.15, 0.2) is 46.9 Å². The SMILES string of the molecule is CC(C)CNC(=O)[C@H](C)N(Cc1ccc(Br)cc1)C(=O)CCCN(c1ccc2c(c1)OCO2)S(C)(=O)=O. The zero-order valence-electron chi connectivity index (χ0n) is 21.6. The molecule has 1 N–H and O–H groups in total. The number of ether oxygens (including phenoxy) is 2. The molecule has 0 saturated heterocycles. The van der Waals surface area contributed by atoms with E-state index in [4.69, 9.17) is 9.47 Å². The Bertz CT molecular complexity index is 1200. The fourth-order valence-corrected chi connectivity index (χ4v) is 5.09. The number of fused-ring (bicyclic) bond motifs is 1. The quantitative estimate of drug-likeness (QED) is 0.399. The second kappa shape index (κ2) is 12.6. The average molecular weight is 597 g/mol. The molecule has 0 spiro atoms. The normalized spacial score (nSPS) is 13.4. The standard InChI is InChI=1S/C26H34BrN3O6S/c1-18(2)15-28-26(32)19(3)29(16-20-7-9-21(27)10-8-20)25(31)6-5-13-30(37(4,33)34)22-11-12-23-24(14-22)36-17-35-23/h7-12,14,18-19H,5-6,13,15-17H2,1-4H3,(H,28,32)/t19-/m0/s1. The van der Waals surface area contributed by atoms with E-state index in [-0.39, 0.29) is 50.5 Å². The number of hydrogen-bond acceptors (Lipinski definition) is 6. The molecule has 2 aromatic rings. The maximum Gasteiger partial charge on any atom is 0.242 e. The topological polar surface area (TPSA) is 105 Å². The largest absolute Gasteiger partial charge is 0.454 e. The smallest absolute Gasteiger partial charge is 0.242 e. The van der Waals surface area contributed by atoms with Crippen LogP contribution in [-0.2, 0) is 26.2 Å². The second-order valence-electron chi connectivity index (χ2n) is 9.44. The van der Waals surface area contributed by atoms with Crippen LogP contribution >= 0.6 is 15.9 Å². The van der Waals surface area contributed by atoms with Gasteiger partial charge in [0.1, 0.15) is 6.04 Å². The van der Waals surface area contributed by atoms with E-state index in [1.54, 1.807) is 30.0 Å². The van der Waals surface area contributed by atoms with Crippen LogP contribution in [0.5, 0.6) is 11.5 Å². The summed E-state index contributed by atoms with van der Waals surface area (Å²) in [6.45, 7) is 6.69. The number of hydrogen-bond donors (Lipinski definition) is 1. The van der Waals surface area contributed by atoms with Crippen molar-refractivity contribution in [2.45, 2.75) is 46.2 Å². The lowest BCUT2D eigenvalue weighted by molar-refractivity contribution is -0.140. The molecule has 0 aromatic heterocycles. The summed E-state index contributed by atoms with van der Waals surface area (Å²) in [4.78, 5) is 27.7. The number of sulfonamides is 1. The lowest BCUT2D eigenvalue weighted by Gasteiger charge is -2.29. The van der Waals surface area contributed by atoms with E-state index in [2.05, 4.69) is 21.2 Å². The summed E-state index contributed by atoms with van der Waals surface area (Å²) in [7, 11) is -3.61. The highest BCUT2D eigenvalue weighted by Crippen LogP contribution is 2.36. The number of nitrogens with one attached hydrogen (secondary N) is 1. The van der Waals surface area contributed by atoms with Crippen molar-refractivity contribution in [3.63, 3.8) is 0 Å². The molecule has 1 atom stereocenters. The van der Waals surface area contributed by atoms with E-state index in [1.165, 1.54) is 4.31 Å². The van der Waals surface area contributed by atoms with Crippen LogP contribution < -0.4 is 19.1 Å². The molecule has 0 radical (unpaired) electrons. The van der Waals surface area contributed by atoms with E-state index < -0.39 is 16.1 Å². The summed E-state index contributed by atoms with van der Waals surface area (Å²) in [5.74, 6) is 0.862. The minimum Gasteiger partial charge on any atom is -0.454 e. The van der Waals surface area contributed by atoms with Crippen molar-refractivity contribution in [2.75, 3.05) is 30.4 Å². The van der Waals surface area contributed by atoms with Crippen LogP contribution in [0, 0.1) is 5.92 Å². The van der Waals surface area contributed by atoms with Gasteiger partial charge in [0.25, 0.3) is 0 Å². The van der Waals surface area contributed by atoms with Gasteiger partial charge in [0.2, 0.25) is 28.6 Å². The van der Waals surface area contributed by atoms with Gasteiger partial charge in [-0.3, -0.25) is 13.9 Å². The van der Waals surface area contributed by atoms with E-state index in [9.17, 15) is 18.0 Å². The summed E-state index contributed by atoms with van der Waals surface area (Å²) in [5, 5.41) is 2.90. The Balaban J connectivity index is 1.71. The van der Waals surface area contributed by atoms with Gasteiger partial charge < -0.3 is 19.7 Å². The lowest BCUT2D eigenvalue weighted by Crippen LogP contribution is -2.48. The van der Waals surface area contributed by atoms with Gasteiger partial charge in [0.15, 0.2) is 11.5 Å². The van der Waals surface area contributed by atoms with Crippen molar-refractivity contribution >= 4 is 43.5 Å². The van der Waals surface area contributed by atoms with Crippen LogP contribution in [0.3, 0.4) is 0 Å². The Morgan fingerprint density at radius 2 is 1.73 bits per heavy atom. The van der Waals surface area contributed by atoms with Crippen LogP contribution in [0.2, 0.25) is 0 Å². The van der Waals surface area contributed by atoms with Gasteiger partial charge >= 0.3 is 0 Å². The molecule has 202 valence electrons. The first-order chi connectivity index (χ1) is 17.5. The Kier molecular flexibility index (Phi) is 9.83. The van der Waals surface area contributed by atoms with Crippen LogP contribution in [0.1, 0.15) is 39.2 Å². The van der Waals surface area contributed by atoms with E-state index in [1.807, 2.05) is 38.1 Å². The molecule has 3 rings (SSSR count). The number of carbonyl (C=O) groups excluding carboxylic acids is 2. The Morgan fingerprint density at radius 3 is 2.38 bits per heavy atom. The Hall–Kier alpha value is -2.79. The predicted molar refractivity (Wildman–Crippen MR) is 146 cm³/mol. The van der Waals surface area contributed by atoms with Crippen molar-refractivity contribution in [3.8, 4) is 11.5 Å². The molecular formula is C26H34BrN3O6S. The molecule has 11 heteroatoms. The van der Waals surface area contributed by atoms with Crippen LogP contribution in [-0.4, -0.2) is 57.3 Å². The molecule has 37 heavy (non-hydrogen) atoms. The molecule has 0 aliphatic carbocycles. The summed E-state index contributed by atoms with van der Waals surface area (Å²) >= 11 is 3.41. The van der Waals surface area contributed by atoms with Gasteiger partial charge in [0, 0.05) is 36.6 Å². The van der Waals surface area contributed by atoms with Gasteiger partial charge in [-0.1, -0.05) is 41.9 Å². The number of anilines is 1. The zero-order chi connectivity index (χ0) is 27.2. The number of benzene rings is 2. The monoisotopic (exact) mass is 595 g/mol. The number of nitrogens with zero attached hydrogens (tertiary/aromatic N) is 2. The van der Waals surface area contributed by atoms with Crippen molar-refractivity contribution in [3.05, 3.63) is 52.5 Å². The maximum atomic E-state index is 13.4. The van der Waals surface area contributed by atoms with Crippen LogP contribution in [0.25, 0.3) is 0 Å². The van der Waals surface area contributed by atoms with E-state index >= 15 is 0 Å². The predicted octanol–water partition coefficient (Wildman–Crippen LogP) is 3.91. The molecule has 1 aliphatic heterocycles. The second-order valence-corrected chi connectivity index (χ2v) is 12.3. The number of halogens is 1. The summed E-state index contributed by atoms with van der Waals surface area (Å²) in [6, 6.07) is 11.8. The summed E-state index contributed by atoms with van der Waals surface area (Å²) in [5.41, 5.74) is 1.32.